The van der Waals surface area contributed by atoms with Crippen LogP contribution >= 0.6 is 0 Å². The molecule has 4 rings (SSSR count). The predicted octanol–water partition coefficient (Wildman–Crippen LogP) is 4.73. The zero-order valence-corrected chi connectivity index (χ0v) is 16.1. The Morgan fingerprint density at radius 1 is 1.10 bits per heavy atom. The van der Waals surface area contributed by atoms with Crippen molar-refractivity contribution in [1.82, 2.24) is 9.97 Å². The van der Waals surface area contributed by atoms with Gasteiger partial charge >= 0.3 is 0 Å². The molecule has 4 aromatic rings. The van der Waals surface area contributed by atoms with Gasteiger partial charge in [0.25, 0.3) is 0 Å². The number of fused-ring (bicyclic) bond motifs is 3. The normalized spacial score (nSPS) is 11.2. The molecule has 0 saturated heterocycles. The average Bonchev–Trinajstić information content (AvgIpc) is 3.14. The van der Waals surface area contributed by atoms with Gasteiger partial charge in [-0.2, -0.15) is 4.91 Å². The van der Waals surface area contributed by atoms with Crippen molar-refractivity contribution in [3.8, 4) is 0 Å². The van der Waals surface area contributed by atoms with Crippen LogP contribution in [-0.2, 0) is 30.7 Å². The van der Waals surface area contributed by atoms with E-state index in [1.165, 1.54) is 11.1 Å². The van der Waals surface area contributed by atoms with Gasteiger partial charge in [-0.25, -0.2) is 4.98 Å². The van der Waals surface area contributed by atoms with Gasteiger partial charge in [0.05, 0.1) is 17.8 Å². The lowest BCUT2D eigenvalue weighted by Gasteiger charge is -2.09. The van der Waals surface area contributed by atoms with Gasteiger partial charge in [-0.05, 0) is 36.1 Å². The second-order valence-electron chi connectivity index (χ2n) is 7.00. The van der Waals surface area contributed by atoms with Gasteiger partial charge in [-0.1, -0.05) is 41.6 Å². The summed E-state index contributed by atoms with van der Waals surface area (Å²) in [5, 5.41) is 4.85. The molecule has 29 heavy (non-hydrogen) atoms. The third-order valence-corrected chi connectivity index (χ3v) is 5.18. The van der Waals surface area contributed by atoms with Gasteiger partial charge in [-0.3, -0.25) is 4.79 Å². The number of pyridine rings is 1. The number of hydrogen-bond donors (Lipinski definition) is 1. The first-order valence-corrected chi connectivity index (χ1v) is 9.48. The Morgan fingerprint density at radius 2 is 1.90 bits per heavy atom. The van der Waals surface area contributed by atoms with Crippen molar-refractivity contribution in [3.63, 3.8) is 0 Å². The molecule has 146 valence electrons. The van der Waals surface area contributed by atoms with Crippen LogP contribution in [0.4, 0.5) is 0 Å². The predicted molar refractivity (Wildman–Crippen MR) is 113 cm³/mol. The van der Waals surface area contributed by atoms with Gasteiger partial charge in [0.15, 0.2) is 6.29 Å². The summed E-state index contributed by atoms with van der Waals surface area (Å²) in [4.78, 5) is 30.2. The fourth-order valence-electron chi connectivity index (χ4n) is 3.82. The van der Waals surface area contributed by atoms with Crippen molar-refractivity contribution < 1.29 is 9.53 Å². The molecule has 0 fully saturated rings. The van der Waals surface area contributed by atoms with Crippen LogP contribution in [0, 0.1) is 4.91 Å². The molecule has 2 aromatic heterocycles. The minimum atomic E-state index is -0.0989. The van der Waals surface area contributed by atoms with Crippen molar-refractivity contribution in [3.05, 3.63) is 81.5 Å². The number of aldehydes is 1. The molecule has 0 aliphatic rings. The number of hydrogen-bond acceptors (Lipinski definition) is 5. The average molecular weight is 387 g/mol. The van der Waals surface area contributed by atoms with E-state index >= 15 is 0 Å². The lowest BCUT2D eigenvalue weighted by molar-refractivity contribution is 0.111. The molecular formula is C23H21N3O3. The first kappa shape index (κ1) is 19.0. The molecule has 1 N–H and O–H groups in total. The Hall–Kier alpha value is -3.38. The van der Waals surface area contributed by atoms with Gasteiger partial charge in [0, 0.05) is 29.0 Å². The highest BCUT2D eigenvalue weighted by Crippen LogP contribution is 2.33. The minimum Gasteiger partial charge on any atom is -0.380 e. The van der Waals surface area contributed by atoms with E-state index in [0.29, 0.717) is 12.0 Å². The van der Waals surface area contributed by atoms with Crippen LogP contribution in [0.15, 0.2) is 53.7 Å². The maximum atomic E-state index is 11.6. The molecule has 0 amide bonds. The van der Waals surface area contributed by atoms with Gasteiger partial charge in [0.1, 0.15) is 12.2 Å². The van der Waals surface area contributed by atoms with E-state index in [9.17, 15) is 9.70 Å². The second-order valence-corrected chi connectivity index (χ2v) is 7.00. The monoisotopic (exact) mass is 387 g/mol. The summed E-state index contributed by atoms with van der Waals surface area (Å²) in [6, 6.07) is 16.6. The Balaban J connectivity index is 1.85. The van der Waals surface area contributed by atoms with E-state index in [2.05, 4.69) is 39.4 Å². The number of aryl methyl sites for hydroxylation is 2. The molecule has 0 radical (unpaired) electrons. The SMILES string of the molecule is COCc1c(C=O)nc(CN=O)c2[nH]c3ccc(CCc4ccccc4)cc3c12. The smallest absolute Gasteiger partial charge is 0.168 e. The zero-order valence-electron chi connectivity index (χ0n) is 16.1. The summed E-state index contributed by atoms with van der Waals surface area (Å²) in [6.07, 6.45) is 2.56. The quantitative estimate of drug-likeness (QED) is 0.350. The summed E-state index contributed by atoms with van der Waals surface area (Å²) < 4.78 is 5.33. The van der Waals surface area contributed by atoms with Crippen molar-refractivity contribution in [2.45, 2.75) is 26.0 Å². The first-order chi connectivity index (χ1) is 14.2. The lowest BCUT2D eigenvalue weighted by Crippen LogP contribution is -2.03. The third-order valence-electron chi connectivity index (χ3n) is 5.18. The fraction of sp³-hybridized carbons (Fsp3) is 0.217. The number of aromatic amines is 1. The van der Waals surface area contributed by atoms with E-state index in [1.54, 1.807) is 7.11 Å². The van der Waals surface area contributed by atoms with Crippen molar-refractivity contribution in [2.75, 3.05) is 7.11 Å². The molecule has 0 unspecified atom stereocenters. The van der Waals surface area contributed by atoms with Crippen molar-refractivity contribution in [2.24, 2.45) is 5.18 Å². The number of ether oxygens (including phenoxy) is 1. The number of carbonyl (C=O) groups excluding carboxylic acids is 1. The number of rotatable bonds is 8. The van der Waals surface area contributed by atoms with E-state index in [1.807, 2.05) is 24.3 Å². The molecule has 0 atom stereocenters. The van der Waals surface area contributed by atoms with Gasteiger partial charge < -0.3 is 9.72 Å². The van der Waals surface area contributed by atoms with Crippen LogP contribution in [0.5, 0.6) is 0 Å². The number of aromatic nitrogens is 2. The van der Waals surface area contributed by atoms with Crippen molar-refractivity contribution in [1.29, 1.82) is 0 Å². The molecule has 6 nitrogen and oxygen atoms in total. The van der Waals surface area contributed by atoms with Crippen LogP contribution in [0.1, 0.15) is 32.9 Å². The summed E-state index contributed by atoms with van der Waals surface area (Å²) >= 11 is 0. The number of benzene rings is 2. The zero-order chi connectivity index (χ0) is 20.2. The minimum absolute atomic E-state index is 0.0989. The molecule has 2 aromatic carbocycles. The molecule has 0 spiro atoms. The molecular weight excluding hydrogens is 366 g/mol. The maximum absolute atomic E-state index is 11.6. The Morgan fingerprint density at radius 3 is 2.62 bits per heavy atom. The summed E-state index contributed by atoms with van der Waals surface area (Å²) in [5.41, 5.74) is 5.63. The summed E-state index contributed by atoms with van der Waals surface area (Å²) in [7, 11) is 1.58. The number of nitrogens with zero attached hydrogens (tertiary/aromatic N) is 2. The van der Waals surface area contributed by atoms with E-state index in [-0.39, 0.29) is 18.8 Å². The lowest BCUT2D eigenvalue weighted by atomic mass is 10.00. The largest absolute Gasteiger partial charge is 0.380 e. The second kappa shape index (κ2) is 8.32. The van der Waals surface area contributed by atoms with E-state index in [4.69, 9.17) is 4.74 Å². The highest BCUT2D eigenvalue weighted by atomic mass is 16.5. The highest BCUT2D eigenvalue weighted by Gasteiger charge is 2.18. The topological polar surface area (TPSA) is 84.4 Å². The highest BCUT2D eigenvalue weighted by molar-refractivity contribution is 6.11. The first-order valence-electron chi connectivity index (χ1n) is 9.48. The van der Waals surface area contributed by atoms with Gasteiger partial charge in [-0.15, -0.1) is 0 Å². The van der Waals surface area contributed by atoms with E-state index in [0.717, 1.165) is 40.2 Å². The number of H-pyrrole nitrogens is 1. The summed E-state index contributed by atoms with van der Waals surface area (Å²) in [6.45, 7) is 0.159. The van der Waals surface area contributed by atoms with Crippen LogP contribution in [0.3, 0.4) is 0 Å². The Kier molecular flexibility index (Phi) is 5.44. The molecule has 0 aliphatic heterocycles. The molecule has 6 heteroatoms. The Labute approximate surface area is 167 Å². The summed E-state index contributed by atoms with van der Waals surface area (Å²) in [5.74, 6) is 0. The number of methoxy groups -OCH3 is 1. The van der Waals surface area contributed by atoms with Crippen LogP contribution in [0.2, 0.25) is 0 Å². The molecule has 0 bridgehead atoms. The number of nitroso groups, excluding NO2 is 1. The van der Waals surface area contributed by atoms with Crippen LogP contribution < -0.4 is 0 Å². The molecule has 0 aliphatic carbocycles. The van der Waals surface area contributed by atoms with Crippen LogP contribution in [-0.4, -0.2) is 23.4 Å². The Bertz CT molecular complexity index is 1180. The third kappa shape index (κ3) is 3.67. The number of nitrogens with one attached hydrogen (secondary N) is 1. The van der Waals surface area contributed by atoms with Gasteiger partial charge in [0.2, 0.25) is 0 Å². The van der Waals surface area contributed by atoms with Crippen LogP contribution in [0.25, 0.3) is 21.8 Å². The molecule has 2 heterocycles. The number of carbonyl (C=O) groups is 1. The molecule has 0 saturated carbocycles. The van der Waals surface area contributed by atoms with E-state index < -0.39 is 0 Å². The standard InChI is InChI=1S/C23H21N3O3/c1-29-14-18-21(13-27)25-20(12-24-28)23-22(18)17-11-16(9-10-19(17)26-23)8-7-15-5-3-2-4-6-15/h2-6,9-11,13,26H,7-8,12,14H2,1H3. The van der Waals surface area contributed by atoms with Crippen molar-refractivity contribution >= 4 is 28.1 Å². The fourth-order valence-corrected chi connectivity index (χ4v) is 3.82. The maximum Gasteiger partial charge on any atom is 0.168 e.